The number of nitrogens with zero attached hydrogens (tertiary/aromatic N) is 6. The molecule has 0 radical (unpaired) electrons. The number of hydrogen-bond donors (Lipinski definition) is 2. The Hall–Kier alpha value is -4.28. The van der Waals surface area contributed by atoms with Crippen LogP contribution in [0.25, 0.3) is 28.2 Å². The molecule has 8 nitrogen and oxygen atoms in total. The van der Waals surface area contributed by atoms with Crippen molar-refractivity contribution in [3.8, 4) is 22.5 Å². The summed E-state index contributed by atoms with van der Waals surface area (Å²) in [5.74, 6) is 0.701. The molecule has 0 fully saturated rings. The number of rotatable bonds is 5. The molecule has 0 aliphatic heterocycles. The van der Waals surface area contributed by atoms with Crippen molar-refractivity contribution in [2.75, 3.05) is 5.32 Å². The molecule has 32 heavy (non-hydrogen) atoms. The maximum Gasteiger partial charge on any atom is 0.433 e. The molecule has 11 heteroatoms. The van der Waals surface area contributed by atoms with Crippen LogP contribution in [0.4, 0.5) is 19.0 Å². The molecule has 2 N–H and O–H groups in total. The fourth-order valence-electron chi connectivity index (χ4n) is 3.38. The van der Waals surface area contributed by atoms with E-state index in [-0.39, 0.29) is 11.5 Å². The number of fused-ring (bicyclic) bond motifs is 1. The highest BCUT2D eigenvalue weighted by atomic mass is 19.4. The summed E-state index contributed by atoms with van der Waals surface area (Å²) in [6, 6.07) is 17.8. The Bertz CT molecular complexity index is 1360. The molecule has 160 valence electrons. The lowest BCUT2D eigenvalue weighted by Gasteiger charge is -2.13. The first-order valence-corrected chi connectivity index (χ1v) is 9.57. The molecule has 2 aromatic carbocycles. The van der Waals surface area contributed by atoms with Crippen LogP contribution >= 0.6 is 0 Å². The third-order valence-electron chi connectivity index (χ3n) is 4.90. The summed E-state index contributed by atoms with van der Waals surface area (Å²) in [5, 5.41) is 21.2. The lowest BCUT2D eigenvalue weighted by Crippen LogP contribution is -2.13. The molecule has 5 rings (SSSR count). The van der Waals surface area contributed by atoms with E-state index in [0.717, 1.165) is 28.3 Å². The van der Waals surface area contributed by atoms with Crippen LogP contribution in [-0.4, -0.2) is 35.2 Å². The first-order chi connectivity index (χ1) is 15.5. The minimum Gasteiger partial charge on any atom is -0.366 e. The summed E-state index contributed by atoms with van der Waals surface area (Å²) in [6.45, 7) is 0.309. The molecule has 3 heterocycles. The Balaban J connectivity index is 1.39. The van der Waals surface area contributed by atoms with Gasteiger partial charge in [0.25, 0.3) is 0 Å². The standard InChI is InChI=1S/C21H15F3N8/c22-21(23,24)17-11-19(32-18(27-17)9-10-26-32)25-12-13-5-7-14(8-6-13)15-3-1-2-4-16(15)20-28-30-31-29-20/h1-11,25H,12H2,(H,28,29,30,31). The molecule has 0 unspecified atom stereocenters. The molecule has 0 amide bonds. The second kappa shape index (κ2) is 7.76. The Morgan fingerprint density at radius 2 is 1.75 bits per heavy atom. The van der Waals surface area contributed by atoms with Gasteiger partial charge in [-0.25, -0.2) is 4.98 Å². The normalized spacial score (nSPS) is 11.7. The van der Waals surface area contributed by atoms with Crippen molar-refractivity contribution in [3.63, 3.8) is 0 Å². The van der Waals surface area contributed by atoms with Crippen molar-refractivity contribution in [1.29, 1.82) is 0 Å². The minimum atomic E-state index is -4.55. The summed E-state index contributed by atoms with van der Waals surface area (Å²) in [5.41, 5.74) is 2.76. The number of tetrazole rings is 1. The Morgan fingerprint density at radius 3 is 2.47 bits per heavy atom. The smallest absolute Gasteiger partial charge is 0.366 e. The van der Waals surface area contributed by atoms with Gasteiger partial charge in [-0.3, -0.25) is 0 Å². The van der Waals surface area contributed by atoms with Crippen molar-refractivity contribution in [1.82, 2.24) is 35.2 Å². The SMILES string of the molecule is FC(F)(F)c1cc(NCc2ccc(-c3ccccc3-c3nn[nH]n3)cc2)n2nccc2n1. The Kier molecular flexibility index (Phi) is 4.77. The Morgan fingerprint density at radius 1 is 0.969 bits per heavy atom. The number of aromatic nitrogens is 7. The monoisotopic (exact) mass is 436 g/mol. The van der Waals surface area contributed by atoms with Crippen LogP contribution in [0.2, 0.25) is 0 Å². The number of nitrogens with one attached hydrogen (secondary N) is 2. The summed E-state index contributed by atoms with van der Waals surface area (Å²) in [6.07, 6.45) is -3.14. The van der Waals surface area contributed by atoms with Gasteiger partial charge in [0.15, 0.2) is 11.3 Å². The quantitative estimate of drug-likeness (QED) is 0.429. The molecule has 0 aliphatic carbocycles. The third kappa shape index (κ3) is 3.75. The maximum absolute atomic E-state index is 13.2. The molecule has 3 aromatic heterocycles. The first-order valence-electron chi connectivity index (χ1n) is 9.57. The summed E-state index contributed by atoms with van der Waals surface area (Å²) in [7, 11) is 0. The van der Waals surface area contributed by atoms with Gasteiger partial charge >= 0.3 is 6.18 Å². The zero-order chi connectivity index (χ0) is 22.1. The van der Waals surface area contributed by atoms with E-state index in [1.165, 1.54) is 16.8 Å². The highest BCUT2D eigenvalue weighted by Crippen LogP contribution is 2.31. The average Bonchev–Trinajstić information content (AvgIpc) is 3.49. The molecular formula is C21H15F3N8. The Labute approximate surface area is 179 Å². The number of hydrogen-bond acceptors (Lipinski definition) is 6. The predicted octanol–water partition coefficient (Wildman–Crippen LogP) is 4.21. The van der Waals surface area contributed by atoms with Crippen LogP contribution in [0.5, 0.6) is 0 Å². The van der Waals surface area contributed by atoms with Gasteiger partial charge in [-0.2, -0.15) is 28.0 Å². The number of benzene rings is 2. The van der Waals surface area contributed by atoms with Gasteiger partial charge in [-0.15, -0.1) is 10.2 Å². The number of halogens is 3. The summed E-state index contributed by atoms with van der Waals surface area (Å²) in [4.78, 5) is 3.62. The van der Waals surface area contributed by atoms with Gasteiger partial charge in [0, 0.05) is 24.2 Å². The first kappa shape index (κ1) is 19.7. The molecule has 0 saturated heterocycles. The van der Waals surface area contributed by atoms with E-state index in [1.807, 2.05) is 48.5 Å². The zero-order valence-corrected chi connectivity index (χ0v) is 16.4. The third-order valence-corrected chi connectivity index (χ3v) is 4.90. The summed E-state index contributed by atoms with van der Waals surface area (Å²) >= 11 is 0. The lowest BCUT2D eigenvalue weighted by molar-refractivity contribution is -0.141. The largest absolute Gasteiger partial charge is 0.433 e. The van der Waals surface area contributed by atoms with Crippen molar-refractivity contribution in [2.45, 2.75) is 12.7 Å². The average molecular weight is 436 g/mol. The fraction of sp³-hybridized carbons (Fsp3) is 0.0952. The van der Waals surface area contributed by atoms with E-state index in [0.29, 0.717) is 12.4 Å². The van der Waals surface area contributed by atoms with E-state index in [2.05, 4.69) is 36.0 Å². The van der Waals surface area contributed by atoms with E-state index < -0.39 is 11.9 Å². The predicted molar refractivity (Wildman–Crippen MR) is 110 cm³/mol. The lowest BCUT2D eigenvalue weighted by atomic mass is 9.98. The number of H-pyrrole nitrogens is 1. The van der Waals surface area contributed by atoms with Gasteiger partial charge in [-0.1, -0.05) is 48.5 Å². The van der Waals surface area contributed by atoms with Crippen molar-refractivity contribution in [2.24, 2.45) is 0 Å². The van der Waals surface area contributed by atoms with Crippen LogP contribution in [0, 0.1) is 0 Å². The highest BCUT2D eigenvalue weighted by Gasteiger charge is 2.33. The number of alkyl halides is 3. The van der Waals surface area contributed by atoms with Crippen LogP contribution in [0.3, 0.4) is 0 Å². The van der Waals surface area contributed by atoms with Gasteiger partial charge in [0.1, 0.15) is 5.82 Å². The van der Waals surface area contributed by atoms with Gasteiger partial charge < -0.3 is 5.32 Å². The van der Waals surface area contributed by atoms with E-state index in [9.17, 15) is 13.2 Å². The zero-order valence-electron chi connectivity index (χ0n) is 16.4. The van der Waals surface area contributed by atoms with E-state index in [1.54, 1.807) is 0 Å². The molecular weight excluding hydrogens is 421 g/mol. The van der Waals surface area contributed by atoms with Crippen LogP contribution < -0.4 is 5.32 Å². The number of anilines is 1. The topological polar surface area (TPSA) is 96.7 Å². The molecule has 0 bridgehead atoms. The molecule has 0 saturated carbocycles. The van der Waals surface area contributed by atoms with Crippen molar-refractivity contribution >= 4 is 11.5 Å². The van der Waals surface area contributed by atoms with Crippen LogP contribution in [-0.2, 0) is 12.7 Å². The molecule has 0 aliphatic rings. The van der Waals surface area contributed by atoms with Crippen molar-refractivity contribution in [3.05, 3.63) is 78.1 Å². The highest BCUT2D eigenvalue weighted by molar-refractivity contribution is 5.80. The second-order valence-corrected chi connectivity index (χ2v) is 6.96. The minimum absolute atomic E-state index is 0.121. The van der Waals surface area contributed by atoms with Gasteiger partial charge in [-0.05, 0) is 21.9 Å². The van der Waals surface area contributed by atoms with Gasteiger partial charge in [0.05, 0.1) is 6.20 Å². The van der Waals surface area contributed by atoms with E-state index >= 15 is 0 Å². The second-order valence-electron chi connectivity index (χ2n) is 6.96. The molecule has 0 atom stereocenters. The fourth-order valence-corrected chi connectivity index (χ4v) is 3.38. The van der Waals surface area contributed by atoms with Crippen LogP contribution in [0.15, 0.2) is 66.9 Å². The van der Waals surface area contributed by atoms with Crippen LogP contribution in [0.1, 0.15) is 11.3 Å². The molecule has 5 aromatic rings. The maximum atomic E-state index is 13.2. The van der Waals surface area contributed by atoms with Crippen molar-refractivity contribution < 1.29 is 13.2 Å². The van der Waals surface area contributed by atoms with E-state index in [4.69, 9.17) is 0 Å². The van der Waals surface area contributed by atoms with Gasteiger partial charge in [0.2, 0.25) is 5.82 Å². The number of aromatic amines is 1. The summed E-state index contributed by atoms with van der Waals surface area (Å²) < 4.78 is 40.9. The molecule has 0 spiro atoms.